The fourth-order valence-electron chi connectivity index (χ4n) is 1.99. The molecule has 2 aromatic heterocycles. The molecule has 0 aliphatic rings. The first-order valence-electron chi connectivity index (χ1n) is 6.81. The number of aromatic hydroxyl groups is 1. The monoisotopic (exact) mass is 456 g/mol. The van der Waals surface area contributed by atoms with Crippen molar-refractivity contribution in [1.29, 1.82) is 0 Å². The number of methoxy groups -OCH3 is 2. The number of nitrogen functional groups attached to an aromatic ring is 1. The van der Waals surface area contributed by atoms with Gasteiger partial charge in [0, 0.05) is 30.0 Å². The van der Waals surface area contributed by atoms with E-state index >= 15 is 0 Å². The Morgan fingerprint density at radius 3 is 2.38 bits per heavy atom. The third-order valence-electron chi connectivity index (χ3n) is 3.15. The highest BCUT2D eigenvalue weighted by Crippen LogP contribution is 2.28. The number of hydrogen-bond donors (Lipinski definition) is 2. The molecule has 24 heavy (non-hydrogen) atoms. The molecule has 0 fully saturated rings. The minimum absolute atomic E-state index is 0. The third-order valence-corrected chi connectivity index (χ3v) is 3.79. The van der Waals surface area contributed by atoms with Gasteiger partial charge in [-0.15, -0.1) is 0 Å². The number of halogens is 2. The minimum atomic E-state index is 0. The van der Waals surface area contributed by atoms with Crippen LogP contribution in [0, 0.1) is 0 Å². The van der Waals surface area contributed by atoms with Crippen LogP contribution in [0.15, 0.2) is 59.3 Å². The van der Waals surface area contributed by atoms with Gasteiger partial charge in [0.15, 0.2) is 23.9 Å². The first-order valence-corrected chi connectivity index (χ1v) is 7.61. The quantitative estimate of drug-likeness (QED) is 0.425. The molecule has 0 aliphatic carbocycles. The van der Waals surface area contributed by atoms with Crippen LogP contribution >= 0.6 is 15.9 Å². The van der Waals surface area contributed by atoms with Crippen molar-refractivity contribution in [3.05, 3.63) is 59.3 Å². The normalized spacial score (nSPS) is 9.46. The number of pyridine rings is 2. The highest BCUT2D eigenvalue weighted by molar-refractivity contribution is 9.10. The lowest BCUT2D eigenvalue weighted by Crippen LogP contribution is -3.00. The number of ether oxygens (including phenoxy) is 2. The van der Waals surface area contributed by atoms with Crippen molar-refractivity contribution < 1.29 is 36.0 Å². The molecule has 0 aliphatic heterocycles. The summed E-state index contributed by atoms with van der Waals surface area (Å²) >= 11 is 3.25. The van der Waals surface area contributed by atoms with Crippen molar-refractivity contribution in [2.24, 2.45) is 0 Å². The van der Waals surface area contributed by atoms with Crippen molar-refractivity contribution in [1.82, 2.24) is 0 Å². The summed E-state index contributed by atoms with van der Waals surface area (Å²) in [5.41, 5.74) is 6.99. The van der Waals surface area contributed by atoms with E-state index in [2.05, 4.69) is 15.9 Å². The van der Waals surface area contributed by atoms with Crippen LogP contribution in [0.2, 0.25) is 0 Å². The molecule has 0 bridgehead atoms. The summed E-state index contributed by atoms with van der Waals surface area (Å²) in [5, 5.41) is 9.59. The number of rotatable bonds is 2. The molecule has 7 heteroatoms. The molecule has 5 nitrogen and oxygen atoms in total. The molecular formula is C17H18Br2N2O3. The first kappa shape index (κ1) is 20.1. The van der Waals surface area contributed by atoms with Crippen LogP contribution < -0.4 is 36.6 Å². The van der Waals surface area contributed by atoms with Gasteiger partial charge < -0.3 is 37.3 Å². The second-order valence-corrected chi connectivity index (χ2v) is 5.47. The molecule has 2 heterocycles. The van der Waals surface area contributed by atoms with Crippen LogP contribution in [0.3, 0.4) is 0 Å². The number of fused-ring (bicyclic) bond motifs is 1. The van der Waals surface area contributed by atoms with Crippen molar-refractivity contribution in [2.45, 2.75) is 0 Å². The molecule has 0 saturated heterocycles. The average Bonchev–Trinajstić information content (AvgIpc) is 2.59. The van der Waals surface area contributed by atoms with Crippen LogP contribution in [-0.4, -0.2) is 19.3 Å². The molecular weight excluding hydrogens is 440 g/mol. The highest BCUT2D eigenvalue weighted by Gasteiger charge is 2.09. The van der Waals surface area contributed by atoms with E-state index in [-0.39, 0.29) is 22.7 Å². The Morgan fingerprint density at radius 2 is 1.71 bits per heavy atom. The summed E-state index contributed by atoms with van der Waals surface area (Å²) in [6.45, 7) is 0. The fraction of sp³-hybridized carbons (Fsp3) is 0.118. The molecule has 0 atom stereocenters. The zero-order chi connectivity index (χ0) is 16.8. The lowest BCUT2D eigenvalue weighted by molar-refractivity contribution is -0.512. The molecule has 1 aromatic carbocycles. The summed E-state index contributed by atoms with van der Waals surface area (Å²) in [5.74, 6) is 1.63. The van der Waals surface area contributed by atoms with E-state index in [1.54, 1.807) is 32.4 Å². The van der Waals surface area contributed by atoms with E-state index in [1.807, 2.05) is 41.1 Å². The van der Waals surface area contributed by atoms with Gasteiger partial charge >= 0.3 is 0 Å². The Balaban J connectivity index is 0.000000232. The predicted octanol–water partition coefficient (Wildman–Crippen LogP) is 0.183. The summed E-state index contributed by atoms with van der Waals surface area (Å²) in [7, 11) is 3.17. The highest BCUT2D eigenvalue weighted by atomic mass is 79.9. The number of hydrogen-bond acceptors (Lipinski definition) is 4. The van der Waals surface area contributed by atoms with Crippen LogP contribution in [0.1, 0.15) is 0 Å². The average molecular weight is 458 g/mol. The van der Waals surface area contributed by atoms with E-state index < -0.39 is 0 Å². The summed E-state index contributed by atoms with van der Waals surface area (Å²) in [6, 6.07) is 12.7. The Morgan fingerprint density at radius 1 is 1.00 bits per heavy atom. The lowest BCUT2D eigenvalue weighted by atomic mass is 10.3. The molecule has 0 spiro atoms. The van der Waals surface area contributed by atoms with Gasteiger partial charge in [0.05, 0.1) is 18.7 Å². The topological polar surface area (TPSA) is 68.8 Å². The molecule has 3 N–H and O–H groups in total. The lowest BCUT2D eigenvalue weighted by Gasteiger charge is -2.06. The molecule has 0 radical (unpaired) electrons. The predicted molar refractivity (Wildman–Crippen MR) is 92.9 cm³/mol. The molecule has 0 unspecified atom stereocenters. The van der Waals surface area contributed by atoms with Gasteiger partial charge in [-0.3, -0.25) is 0 Å². The fourth-order valence-corrected chi connectivity index (χ4v) is 2.31. The van der Waals surface area contributed by atoms with Gasteiger partial charge in [-0.2, -0.15) is 4.40 Å². The Labute approximate surface area is 159 Å². The van der Waals surface area contributed by atoms with Crippen molar-refractivity contribution in [3.63, 3.8) is 0 Å². The number of nitrogens with two attached hydrogens (primary N) is 1. The zero-order valence-electron chi connectivity index (χ0n) is 13.2. The SMILES string of the molecule is COc1ccc(N)cc1OC.Oc1c(Br)cc[n+]2ccccc12.[Br-]. The summed E-state index contributed by atoms with van der Waals surface area (Å²) in [6.07, 6.45) is 3.78. The molecule has 3 aromatic rings. The van der Waals surface area contributed by atoms with Crippen LogP contribution in [-0.2, 0) is 0 Å². The number of nitrogens with zero attached hydrogens (tertiary/aromatic N) is 1. The van der Waals surface area contributed by atoms with Gasteiger partial charge in [-0.25, -0.2) is 0 Å². The molecule has 0 saturated carbocycles. The maximum absolute atomic E-state index is 9.59. The zero-order valence-corrected chi connectivity index (χ0v) is 16.4. The van der Waals surface area contributed by atoms with Crippen molar-refractivity contribution in [3.8, 4) is 17.2 Å². The standard InChI is InChI=1S/C9H6BrNO.C8H11NO2.BrH/c10-7-4-6-11-5-2-1-3-8(11)9(7)12;1-10-7-4-3-6(9)5-8(7)11-2;/h1-6H;3-5H,9H2,1-2H3;1H. The van der Waals surface area contributed by atoms with E-state index in [1.165, 1.54) is 0 Å². The van der Waals surface area contributed by atoms with Crippen LogP contribution in [0.5, 0.6) is 17.2 Å². The summed E-state index contributed by atoms with van der Waals surface area (Å²) in [4.78, 5) is 0. The van der Waals surface area contributed by atoms with Gasteiger partial charge in [0.2, 0.25) is 5.75 Å². The van der Waals surface area contributed by atoms with Crippen LogP contribution in [0.4, 0.5) is 5.69 Å². The van der Waals surface area contributed by atoms with E-state index in [9.17, 15) is 5.11 Å². The van der Waals surface area contributed by atoms with E-state index in [0.717, 1.165) is 5.52 Å². The second-order valence-electron chi connectivity index (χ2n) is 4.62. The minimum Gasteiger partial charge on any atom is -1.00 e. The number of anilines is 1. The van der Waals surface area contributed by atoms with Gasteiger partial charge in [0.1, 0.15) is 0 Å². The van der Waals surface area contributed by atoms with E-state index in [0.29, 0.717) is 21.7 Å². The van der Waals surface area contributed by atoms with Crippen LogP contribution in [0.25, 0.3) is 5.52 Å². The Hall–Kier alpha value is -1.99. The Bertz CT molecular complexity index is 813. The van der Waals surface area contributed by atoms with Gasteiger partial charge in [-0.05, 0) is 34.1 Å². The molecule has 0 amide bonds. The molecule has 128 valence electrons. The molecule has 3 rings (SSSR count). The largest absolute Gasteiger partial charge is 1.00 e. The Kier molecular flexibility index (Phi) is 7.81. The maximum Gasteiger partial charge on any atom is 0.253 e. The van der Waals surface area contributed by atoms with Crippen molar-refractivity contribution in [2.75, 3.05) is 20.0 Å². The number of aromatic nitrogens is 1. The van der Waals surface area contributed by atoms with E-state index in [4.69, 9.17) is 15.2 Å². The third kappa shape index (κ3) is 4.75. The number of benzene rings is 1. The maximum atomic E-state index is 9.59. The van der Waals surface area contributed by atoms with Gasteiger partial charge in [0.25, 0.3) is 5.52 Å². The van der Waals surface area contributed by atoms with Crippen molar-refractivity contribution >= 4 is 27.1 Å². The van der Waals surface area contributed by atoms with Gasteiger partial charge in [-0.1, -0.05) is 0 Å². The smallest absolute Gasteiger partial charge is 0.253 e. The summed E-state index contributed by atoms with van der Waals surface area (Å²) < 4.78 is 12.6. The first-order chi connectivity index (χ1) is 11.1. The second kappa shape index (κ2) is 9.34.